The first-order valence-electron chi connectivity index (χ1n) is 14.6. The summed E-state index contributed by atoms with van der Waals surface area (Å²) in [7, 11) is -3.52. The van der Waals surface area contributed by atoms with Crippen molar-refractivity contribution in [3.8, 4) is 0 Å². The van der Waals surface area contributed by atoms with E-state index in [-0.39, 0.29) is 29.2 Å². The smallest absolute Gasteiger partial charge is 0.243 e. The van der Waals surface area contributed by atoms with Crippen molar-refractivity contribution in [1.82, 2.24) is 14.9 Å². The molecule has 0 bridgehead atoms. The first-order valence-corrected chi connectivity index (χ1v) is 16.1. The summed E-state index contributed by atoms with van der Waals surface area (Å²) in [5.41, 5.74) is 2.81. The van der Waals surface area contributed by atoms with E-state index in [2.05, 4.69) is 17.0 Å². The van der Waals surface area contributed by atoms with Crippen LogP contribution in [0.4, 0.5) is 0 Å². The molecule has 1 aliphatic carbocycles. The van der Waals surface area contributed by atoms with Gasteiger partial charge in [0, 0.05) is 32.0 Å². The van der Waals surface area contributed by atoms with Crippen LogP contribution in [0.3, 0.4) is 0 Å². The summed E-state index contributed by atoms with van der Waals surface area (Å²) in [6.45, 7) is 3.03. The van der Waals surface area contributed by atoms with Crippen molar-refractivity contribution in [2.75, 3.05) is 6.54 Å². The summed E-state index contributed by atoms with van der Waals surface area (Å²) < 4.78 is 27.7. The number of aryl methyl sites for hydroxylation is 1. The second kappa shape index (κ2) is 14.9. The fourth-order valence-electron chi connectivity index (χ4n) is 4.76. The van der Waals surface area contributed by atoms with Gasteiger partial charge in [-0.3, -0.25) is 9.59 Å². The summed E-state index contributed by atoms with van der Waals surface area (Å²) >= 11 is 0. The van der Waals surface area contributed by atoms with Gasteiger partial charge in [0.2, 0.25) is 21.8 Å². The van der Waals surface area contributed by atoms with Gasteiger partial charge < -0.3 is 10.2 Å². The highest BCUT2D eigenvalue weighted by Crippen LogP contribution is 2.23. The SMILES string of the molecule is CCCCCNC(=O)[C@H](Cc1ccccc1)N(Cc1ccccc1)C(=O)CCc1ccc(S(=O)(=O)NC2CC2)cc1. The fourth-order valence-corrected chi connectivity index (χ4v) is 6.06. The van der Waals surface area contributed by atoms with Gasteiger partial charge in [0.15, 0.2) is 0 Å². The highest BCUT2D eigenvalue weighted by Gasteiger charge is 2.30. The molecule has 2 N–H and O–H groups in total. The third-order valence-electron chi connectivity index (χ3n) is 7.31. The molecule has 4 rings (SSSR count). The molecule has 7 nitrogen and oxygen atoms in total. The molecule has 218 valence electrons. The maximum Gasteiger partial charge on any atom is 0.243 e. The Morgan fingerprint density at radius 2 is 1.49 bits per heavy atom. The van der Waals surface area contributed by atoms with E-state index in [9.17, 15) is 18.0 Å². The second-order valence-corrected chi connectivity index (χ2v) is 12.5. The highest BCUT2D eigenvalue weighted by atomic mass is 32.2. The second-order valence-electron chi connectivity index (χ2n) is 10.8. The lowest BCUT2D eigenvalue weighted by Crippen LogP contribution is -2.50. The Kier molecular flexibility index (Phi) is 11.1. The molecule has 1 saturated carbocycles. The van der Waals surface area contributed by atoms with Crippen molar-refractivity contribution >= 4 is 21.8 Å². The van der Waals surface area contributed by atoms with E-state index in [1.807, 2.05) is 60.7 Å². The molecule has 0 saturated heterocycles. The minimum Gasteiger partial charge on any atom is -0.354 e. The lowest BCUT2D eigenvalue weighted by atomic mass is 10.0. The van der Waals surface area contributed by atoms with Crippen molar-refractivity contribution in [2.45, 2.75) is 81.8 Å². The van der Waals surface area contributed by atoms with Crippen LogP contribution in [-0.2, 0) is 39.0 Å². The number of unbranched alkanes of at least 4 members (excludes halogenated alkanes) is 2. The molecule has 41 heavy (non-hydrogen) atoms. The summed E-state index contributed by atoms with van der Waals surface area (Å²) in [5, 5.41) is 3.08. The van der Waals surface area contributed by atoms with E-state index in [1.165, 1.54) is 0 Å². The predicted octanol–water partition coefficient (Wildman–Crippen LogP) is 5.01. The van der Waals surface area contributed by atoms with Gasteiger partial charge in [-0.05, 0) is 54.5 Å². The van der Waals surface area contributed by atoms with Crippen LogP contribution >= 0.6 is 0 Å². The van der Waals surface area contributed by atoms with Crippen LogP contribution < -0.4 is 10.0 Å². The zero-order chi connectivity index (χ0) is 29.1. The van der Waals surface area contributed by atoms with Crippen molar-refractivity contribution in [3.05, 3.63) is 102 Å². The van der Waals surface area contributed by atoms with E-state index in [0.717, 1.165) is 48.8 Å². The topological polar surface area (TPSA) is 95.6 Å². The van der Waals surface area contributed by atoms with Crippen molar-refractivity contribution in [3.63, 3.8) is 0 Å². The van der Waals surface area contributed by atoms with Gasteiger partial charge in [0.05, 0.1) is 4.90 Å². The summed E-state index contributed by atoms with van der Waals surface area (Å²) in [5.74, 6) is -0.266. The standard InChI is InChI=1S/C33H41N3O4S/c1-2-3-10-23-34-33(38)31(24-27-11-6-4-7-12-27)36(25-28-13-8-5-9-14-28)32(37)22-17-26-15-20-30(21-16-26)41(39,40)35-29-18-19-29/h4-9,11-16,20-21,29,31,35H,2-3,10,17-19,22-25H2,1H3,(H,34,38)/t31-/m0/s1. The number of hydrogen-bond donors (Lipinski definition) is 2. The van der Waals surface area contributed by atoms with Crippen LogP contribution in [0.5, 0.6) is 0 Å². The number of amides is 2. The maximum absolute atomic E-state index is 13.8. The van der Waals surface area contributed by atoms with Crippen LogP contribution in [0.15, 0.2) is 89.8 Å². The summed E-state index contributed by atoms with van der Waals surface area (Å²) in [6.07, 6.45) is 5.81. The zero-order valence-corrected chi connectivity index (χ0v) is 24.6. The Balaban J connectivity index is 1.51. The monoisotopic (exact) mass is 575 g/mol. The number of nitrogens with one attached hydrogen (secondary N) is 2. The normalized spacial score (nSPS) is 13.9. The van der Waals surface area contributed by atoms with Crippen LogP contribution in [-0.4, -0.2) is 43.8 Å². The van der Waals surface area contributed by atoms with E-state index in [1.54, 1.807) is 29.2 Å². The molecule has 0 spiro atoms. The number of sulfonamides is 1. The molecule has 0 aliphatic heterocycles. The van der Waals surface area contributed by atoms with Gasteiger partial charge in [-0.2, -0.15) is 0 Å². The van der Waals surface area contributed by atoms with E-state index in [4.69, 9.17) is 0 Å². The molecule has 1 aliphatic rings. The lowest BCUT2D eigenvalue weighted by Gasteiger charge is -2.31. The molecule has 1 atom stereocenters. The highest BCUT2D eigenvalue weighted by molar-refractivity contribution is 7.89. The molecule has 2 amide bonds. The molecule has 0 heterocycles. The van der Waals surface area contributed by atoms with Crippen molar-refractivity contribution in [1.29, 1.82) is 0 Å². The molecule has 8 heteroatoms. The molecular formula is C33H41N3O4S. The number of nitrogens with zero attached hydrogens (tertiary/aromatic N) is 1. The fraction of sp³-hybridized carbons (Fsp3) is 0.394. The number of carbonyl (C=O) groups is 2. The van der Waals surface area contributed by atoms with Crippen molar-refractivity contribution in [2.24, 2.45) is 0 Å². The van der Waals surface area contributed by atoms with E-state index < -0.39 is 16.1 Å². The van der Waals surface area contributed by atoms with Crippen LogP contribution in [0.2, 0.25) is 0 Å². The molecule has 0 unspecified atom stereocenters. The Morgan fingerprint density at radius 1 is 0.854 bits per heavy atom. The number of carbonyl (C=O) groups excluding carboxylic acids is 2. The Hall–Kier alpha value is -3.49. The van der Waals surface area contributed by atoms with E-state index in [0.29, 0.717) is 25.9 Å². The first kappa shape index (κ1) is 30.5. The predicted molar refractivity (Wildman–Crippen MR) is 162 cm³/mol. The van der Waals surface area contributed by atoms with Gasteiger partial charge in [-0.25, -0.2) is 13.1 Å². The Morgan fingerprint density at radius 3 is 2.10 bits per heavy atom. The third-order valence-corrected chi connectivity index (χ3v) is 8.84. The van der Waals surface area contributed by atoms with Gasteiger partial charge in [-0.1, -0.05) is 92.6 Å². The van der Waals surface area contributed by atoms with Gasteiger partial charge in [0.25, 0.3) is 0 Å². The van der Waals surface area contributed by atoms with Gasteiger partial charge in [0.1, 0.15) is 6.04 Å². The number of benzene rings is 3. The summed E-state index contributed by atoms with van der Waals surface area (Å²) in [4.78, 5) is 29.3. The van der Waals surface area contributed by atoms with Crippen LogP contribution in [0, 0.1) is 0 Å². The molecule has 3 aromatic rings. The average molecular weight is 576 g/mol. The van der Waals surface area contributed by atoms with Crippen LogP contribution in [0.1, 0.15) is 62.1 Å². The minimum atomic E-state index is -3.52. The van der Waals surface area contributed by atoms with Crippen molar-refractivity contribution < 1.29 is 18.0 Å². The maximum atomic E-state index is 13.8. The Bertz CT molecular complexity index is 1360. The Labute approximate surface area is 244 Å². The minimum absolute atomic E-state index is 0.0422. The molecule has 1 fully saturated rings. The zero-order valence-electron chi connectivity index (χ0n) is 23.8. The number of hydrogen-bond acceptors (Lipinski definition) is 4. The first-order chi connectivity index (χ1) is 19.9. The van der Waals surface area contributed by atoms with Gasteiger partial charge in [-0.15, -0.1) is 0 Å². The molecular weight excluding hydrogens is 534 g/mol. The quantitative estimate of drug-likeness (QED) is 0.235. The largest absolute Gasteiger partial charge is 0.354 e. The number of rotatable bonds is 16. The average Bonchev–Trinajstić information content (AvgIpc) is 3.80. The third kappa shape index (κ3) is 9.54. The molecule has 0 aromatic heterocycles. The summed E-state index contributed by atoms with van der Waals surface area (Å²) in [6, 6.07) is 25.6. The molecule has 0 radical (unpaired) electrons. The van der Waals surface area contributed by atoms with E-state index >= 15 is 0 Å². The lowest BCUT2D eigenvalue weighted by molar-refractivity contribution is -0.141. The van der Waals surface area contributed by atoms with Gasteiger partial charge >= 0.3 is 0 Å². The van der Waals surface area contributed by atoms with Crippen LogP contribution in [0.25, 0.3) is 0 Å². The molecule has 3 aromatic carbocycles.